The van der Waals surface area contributed by atoms with Gasteiger partial charge in [-0.1, -0.05) is 12.1 Å². The highest BCUT2D eigenvalue weighted by molar-refractivity contribution is 7.84. The van der Waals surface area contributed by atoms with E-state index >= 15 is 0 Å². The highest BCUT2D eigenvalue weighted by Crippen LogP contribution is 2.28. The van der Waals surface area contributed by atoms with E-state index in [4.69, 9.17) is 4.74 Å². The first-order chi connectivity index (χ1) is 12.7. The van der Waals surface area contributed by atoms with E-state index in [-0.39, 0.29) is 5.56 Å². The first-order valence-corrected chi connectivity index (χ1v) is 10.2. The maximum Gasteiger partial charge on any atom is 0.256 e. The molecule has 1 N–H and O–H groups in total. The number of fused-ring (bicyclic) bond motifs is 1. The molecule has 1 aromatic heterocycles. The van der Waals surface area contributed by atoms with Gasteiger partial charge in [0.05, 0.1) is 29.8 Å². The lowest BCUT2D eigenvalue weighted by Crippen LogP contribution is -2.48. The van der Waals surface area contributed by atoms with Crippen LogP contribution in [-0.4, -0.2) is 53.2 Å². The molecule has 0 saturated carbocycles. The monoisotopic (exact) mass is 374 g/mol. The van der Waals surface area contributed by atoms with E-state index in [1.54, 1.807) is 7.11 Å². The number of aromatic nitrogens is 2. The minimum Gasteiger partial charge on any atom is -0.495 e. The number of methoxy groups -OCH3 is 1. The van der Waals surface area contributed by atoms with Gasteiger partial charge in [0.2, 0.25) is 5.95 Å². The number of rotatable bonds is 3. The van der Waals surface area contributed by atoms with Gasteiger partial charge in [-0.15, -0.1) is 0 Å². The number of anilines is 2. The summed E-state index contributed by atoms with van der Waals surface area (Å²) in [6.07, 6.45) is 0.611. The largest absolute Gasteiger partial charge is 0.495 e. The van der Waals surface area contributed by atoms with Crippen LogP contribution in [-0.2, 0) is 23.0 Å². The minimum absolute atomic E-state index is 0.148. The third kappa shape index (κ3) is 3.21. The van der Waals surface area contributed by atoms with Crippen molar-refractivity contribution in [1.82, 2.24) is 9.97 Å². The van der Waals surface area contributed by atoms with E-state index in [1.165, 1.54) is 0 Å². The smallest absolute Gasteiger partial charge is 0.256 e. The molecule has 1 saturated heterocycles. The van der Waals surface area contributed by atoms with Crippen LogP contribution in [0.25, 0.3) is 0 Å². The average Bonchev–Trinajstić information content (AvgIpc) is 2.68. The van der Waals surface area contributed by atoms with Crippen LogP contribution in [0.15, 0.2) is 29.1 Å². The van der Waals surface area contributed by atoms with Crippen molar-refractivity contribution in [3.8, 4) is 5.75 Å². The van der Waals surface area contributed by atoms with Gasteiger partial charge in [0.1, 0.15) is 5.75 Å². The normalized spacial score (nSPS) is 20.0. The van der Waals surface area contributed by atoms with Crippen LogP contribution in [0.2, 0.25) is 0 Å². The SMILES string of the molecule is COc1ccccc1N1CCN(c2nc3c(c(=O)[nH]2)CS(=O)CC3)CC1. The van der Waals surface area contributed by atoms with Crippen molar-refractivity contribution in [2.45, 2.75) is 12.2 Å². The molecule has 4 rings (SSSR count). The molecule has 2 aliphatic rings. The molecule has 1 fully saturated rings. The fourth-order valence-electron chi connectivity index (χ4n) is 3.53. The number of nitrogens with zero attached hydrogens (tertiary/aromatic N) is 3. The number of para-hydroxylation sites is 2. The fourth-order valence-corrected chi connectivity index (χ4v) is 4.72. The van der Waals surface area contributed by atoms with Gasteiger partial charge in [-0.05, 0) is 12.1 Å². The number of aromatic amines is 1. The lowest BCUT2D eigenvalue weighted by molar-refractivity contribution is 0.413. The predicted octanol–water partition coefficient (Wildman–Crippen LogP) is 0.910. The maximum absolute atomic E-state index is 12.4. The molecule has 3 heterocycles. The van der Waals surface area contributed by atoms with Crippen LogP contribution >= 0.6 is 0 Å². The molecular weight excluding hydrogens is 352 g/mol. The van der Waals surface area contributed by atoms with Crippen LogP contribution in [0.1, 0.15) is 11.3 Å². The van der Waals surface area contributed by atoms with Crippen molar-refractivity contribution in [3.63, 3.8) is 0 Å². The Balaban J connectivity index is 1.51. The summed E-state index contributed by atoms with van der Waals surface area (Å²) in [5, 5.41) is 0. The summed E-state index contributed by atoms with van der Waals surface area (Å²) in [4.78, 5) is 24.3. The van der Waals surface area contributed by atoms with Gasteiger partial charge in [-0.3, -0.25) is 14.0 Å². The second-order valence-corrected chi connectivity index (χ2v) is 8.08. The van der Waals surface area contributed by atoms with Gasteiger partial charge in [-0.2, -0.15) is 0 Å². The van der Waals surface area contributed by atoms with E-state index in [0.717, 1.165) is 43.3 Å². The number of H-pyrrole nitrogens is 1. The van der Waals surface area contributed by atoms with Crippen LogP contribution in [0.4, 0.5) is 11.6 Å². The Hall–Kier alpha value is -2.35. The fraction of sp³-hybridized carbons (Fsp3) is 0.444. The lowest BCUT2D eigenvalue weighted by atomic mass is 10.2. The Bertz CT molecular complexity index is 890. The number of hydrogen-bond acceptors (Lipinski definition) is 6. The van der Waals surface area contributed by atoms with Crippen molar-refractivity contribution in [1.29, 1.82) is 0 Å². The Morgan fingerprint density at radius 3 is 2.65 bits per heavy atom. The zero-order valence-corrected chi connectivity index (χ0v) is 15.6. The Labute approximate surface area is 154 Å². The van der Waals surface area contributed by atoms with E-state index in [2.05, 4.69) is 25.8 Å². The third-order valence-corrected chi connectivity index (χ3v) is 6.24. The Morgan fingerprint density at radius 1 is 1.15 bits per heavy atom. The van der Waals surface area contributed by atoms with Crippen LogP contribution in [0.5, 0.6) is 5.75 Å². The summed E-state index contributed by atoms with van der Waals surface area (Å²) in [5.41, 5.74) is 2.33. The van der Waals surface area contributed by atoms with Crippen LogP contribution in [0.3, 0.4) is 0 Å². The van der Waals surface area contributed by atoms with E-state index < -0.39 is 10.8 Å². The molecule has 1 atom stereocenters. The predicted molar refractivity (Wildman–Crippen MR) is 103 cm³/mol. The molecule has 0 radical (unpaired) electrons. The topological polar surface area (TPSA) is 78.5 Å². The summed E-state index contributed by atoms with van der Waals surface area (Å²) in [5.74, 6) is 2.40. The zero-order valence-electron chi connectivity index (χ0n) is 14.7. The second kappa shape index (κ2) is 7.11. The van der Waals surface area contributed by atoms with Gasteiger partial charge in [0.25, 0.3) is 5.56 Å². The standard InChI is InChI=1S/C18H22N4O3S/c1-25-16-5-3-2-4-15(16)21-7-9-22(10-8-21)18-19-14-6-11-26(24)12-13(14)17(23)20-18/h2-5H,6-12H2,1H3,(H,19,20,23). The maximum atomic E-state index is 12.4. The highest BCUT2D eigenvalue weighted by atomic mass is 32.2. The Morgan fingerprint density at radius 2 is 1.88 bits per heavy atom. The molecule has 0 amide bonds. The van der Waals surface area contributed by atoms with Crippen molar-refractivity contribution in [2.24, 2.45) is 0 Å². The second-order valence-electron chi connectivity index (χ2n) is 6.50. The van der Waals surface area contributed by atoms with E-state index in [9.17, 15) is 9.00 Å². The quantitative estimate of drug-likeness (QED) is 0.860. The molecule has 7 nitrogen and oxygen atoms in total. The summed E-state index contributed by atoms with van der Waals surface area (Å²) in [6.45, 7) is 3.19. The molecular formula is C18H22N4O3S. The molecule has 0 bridgehead atoms. The molecule has 1 aromatic carbocycles. The van der Waals surface area contributed by atoms with Crippen molar-refractivity contribution >= 4 is 22.4 Å². The van der Waals surface area contributed by atoms with Crippen molar-refractivity contribution < 1.29 is 8.95 Å². The first kappa shape index (κ1) is 17.1. The van der Waals surface area contributed by atoms with Crippen LogP contribution in [0, 0.1) is 0 Å². The summed E-state index contributed by atoms with van der Waals surface area (Å²) < 4.78 is 17.1. The molecule has 1 unspecified atom stereocenters. The summed E-state index contributed by atoms with van der Waals surface area (Å²) >= 11 is 0. The van der Waals surface area contributed by atoms with Gasteiger partial charge >= 0.3 is 0 Å². The first-order valence-electron chi connectivity index (χ1n) is 8.75. The Kier molecular flexibility index (Phi) is 4.67. The summed E-state index contributed by atoms with van der Waals surface area (Å²) in [7, 11) is 0.740. The van der Waals surface area contributed by atoms with E-state index in [0.29, 0.717) is 29.4 Å². The minimum atomic E-state index is -0.945. The molecule has 0 spiro atoms. The van der Waals surface area contributed by atoms with Gasteiger partial charge in [-0.25, -0.2) is 4.98 Å². The van der Waals surface area contributed by atoms with Gasteiger partial charge in [0, 0.05) is 49.2 Å². The van der Waals surface area contributed by atoms with Crippen molar-refractivity contribution in [3.05, 3.63) is 45.9 Å². The van der Waals surface area contributed by atoms with E-state index in [1.807, 2.05) is 18.2 Å². The molecule has 8 heteroatoms. The molecule has 2 aliphatic heterocycles. The summed E-state index contributed by atoms with van der Waals surface area (Å²) in [6, 6.07) is 8.01. The molecule has 26 heavy (non-hydrogen) atoms. The average molecular weight is 374 g/mol. The number of ether oxygens (including phenoxy) is 1. The molecule has 0 aliphatic carbocycles. The highest BCUT2D eigenvalue weighted by Gasteiger charge is 2.24. The number of hydrogen-bond donors (Lipinski definition) is 1. The number of nitrogens with one attached hydrogen (secondary N) is 1. The van der Waals surface area contributed by atoms with Gasteiger partial charge in [0.15, 0.2) is 0 Å². The lowest BCUT2D eigenvalue weighted by Gasteiger charge is -2.37. The molecule has 2 aromatic rings. The third-order valence-electron chi connectivity index (χ3n) is 4.97. The number of aryl methyl sites for hydroxylation is 1. The van der Waals surface area contributed by atoms with Crippen LogP contribution < -0.4 is 20.1 Å². The van der Waals surface area contributed by atoms with Crippen molar-refractivity contribution in [2.75, 3.05) is 48.8 Å². The number of piperazine rings is 1. The zero-order chi connectivity index (χ0) is 18.1. The molecule has 138 valence electrons. The van der Waals surface area contributed by atoms with Gasteiger partial charge < -0.3 is 14.5 Å². The number of benzene rings is 1.